The second kappa shape index (κ2) is 7.44. The van der Waals surface area contributed by atoms with Crippen LogP contribution in [0.4, 0.5) is 4.79 Å². The van der Waals surface area contributed by atoms with Crippen molar-refractivity contribution in [3.8, 4) is 0 Å². The Hall–Kier alpha value is -2.08. The molecule has 0 radical (unpaired) electrons. The highest BCUT2D eigenvalue weighted by Crippen LogP contribution is 2.30. The molecule has 1 N–H and O–H groups in total. The van der Waals surface area contributed by atoms with E-state index in [0.717, 1.165) is 18.4 Å². The number of urea groups is 1. The third-order valence-electron chi connectivity index (χ3n) is 5.01. The minimum absolute atomic E-state index is 0.0858. The van der Waals surface area contributed by atoms with Crippen LogP contribution in [0.25, 0.3) is 0 Å². The highest BCUT2D eigenvalue weighted by molar-refractivity contribution is 5.76. The van der Waals surface area contributed by atoms with Gasteiger partial charge < -0.3 is 19.6 Å². The van der Waals surface area contributed by atoms with Gasteiger partial charge in [0.05, 0.1) is 25.7 Å². The number of ether oxygens (including phenoxy) is 1. The summed E-state index contributed by atoms with van der Waals surface area (Å²) < 4.78 is 5.42. The van der Waals surface area contributed by atoms with Gasteiger partial charge in [-0.05, 0) is 24.0 Å². The van der Waals surface area contributed by atoms with Crippen molar-refractivity contribution in [1.29, 1.82) is 0 Å². The van der Waals surface area contributed by atoms with Gasteiger partial charge in [-0.3, -0.25) is 4.79 Å². The molecule has 2 fully saturated rings. The largest absolute Gasteiger partial charge is 0.461 e. The number of aryl methyl sites for hydroxylation is 1. The highest BCUT2D eigenvalue weighted by atomic mass is 16.5. The van der Waals surface area contributed by atoms with E-state index < -0.39 is 6.10 Å². The first-order valence-electron chi connectivity index (χ1n) is 8.94. The number of likely N-dealkylation sites (tertiary alicyclic amines) is 2. The van der Waals surface area contributed by atoms with Crippen molar-refractivity contribution in [2.24, 2.45) is 0 Å². The molecule has 0 spiro atoms. The number of hydrogen-bond acceptors (Lipinski definition) is 4. The van der Waals surface area contributed by atoms with E-state index in [1.807, 2.05) is 0 Å². The fourth-order valence-electron chi connectivity index (χ4n) is 3.61. The quantitative estimate of drug-likeness (QED) is 0.847. The lowest BCUT2D eigenvalue weighted by atomic mass is 9.88. The monoisotopic (exact) mass is 346 g/mol. The molecule has 0 aromatic heterocycles. The molecule has 0 aliphatic carbocycles. The van der Waals surface area contributed by atoms with E-state index in [-0.39, 0.29) is 24.0 Å². The third kappa shape index (κ3) is 4.12. The Morgan fingerprint density at radius 3 is 2.32 bits per heavy atom. The lowest BCUT2D eigenvalue weighted by Gasteiger charge is -2.43. The maximum atomic E-state index is 12.6. The SMILES string of the molecule is CCc1ccc(C2CC(OC(C)=O)CN(C(=O)N3CC(O)C3)C2)cc1. The van der Waals surface area contributed by atoms with Crippen molar-refractivity contribution >= 4 is 12.0 Å². The van der Waals surface area contributed by atoms with Gasteiger partial charge in [-0.1, -0.05) is 31.2 Å². The summed E-state index contributed by atoms with van der Waals surface area (Å²) >= 11 is 0. The zero-order valence-electron chi connectivity index (χ0n) is 14.9. The fraction of sp³-hybridized carbons (Fsp3) is 0.579. The Morgan fingerprint density at radius 1 is 1.12 bits per heavy atom. The maximum absolute atomic E-state index is 12.6. The molecule has 6 heteroatoms. The highest BCUT2D eigenvalue weighted by Gasteiger charge is 2.37. The number of nitrogens with zero attached hydrogens (tertiary/aromatic N) is 2. The van der Waals surface area contributed by atoms with E-state index in [4.69, 9.17) is 4.74 Å². The van der Waals surface area contributed by atoms with Crippen molar-refractivity contribution in [3.05, 3.63) is 35.4 Å². The molecule has 6 nitrogen and oxygen atoms in total. The molecule has 25 heavy (non-hydrogen) atoms. The molecular weight excluding hydrogens is 320 g/mol. The molecule has 1 aromatic rings. The van der Waals surface area contributed by atoms with E-state index in [0.29, 0.717) is 26.2 Å². The number of rotatable bonds is 3. The lowest BCUT2D eigenvalue weighted by Crippen LogP contribution is -2.60. The Bertz CT molecular complexity index is 625. The molecule has 2 aliphatic rings. The van der Waals surface area contributed by atoms with Crippen molar-refractivity contribution in [3.63, 3.8) is 0 Å². The molecule has 2 heterocycles. The third-order valence-corrected chi connectivity index (χ3v) is 5.01. The van der Waals surface area contributed by atoms with Crippen LogP contribution in [0.15, 0.2) is 24.3 Å². The molecule has 1 aromatic carbocycles. The maximum Gasteiger partial charge on any atom is 0.320 e. The van der Waals surface area contributed by atoms with Crippen LogP contribution < -0.4 is 0 Å². The molecule has 0 bridgehead atoms. The van der Waals surface area contributed by atoms with Crippen molar-refractivity contribution in [2.45, 2.75) is 44.8 Å². The molecule has 3 rings (SSSR count). The predicted octanol–water partition coefficient (Wildman–Crippen LogP) is 1.77. The molecule has 2 atom stereocenters. The van der Waals surface area contributed by atoms with Gasteiger partial charge in [-0.15, -0.1) is 0 Å². The molecule has 2 saturated heterocycles. The number of aliphatic hydroxyl groups is 1. The number of amides is 2. The summed E-state index contributed by atoms with van der Waals surface area (Å²) in [5.41, 5.74) is 2.44. The van der Waals surface area contributed by atoms with Crippen LogP contribution in [-0.4, -0.2) is 65.3 Å². The standard InChI is InChI=1S/C19H26N2O4/c1-3-14-4-6-15(7-5-14)16-8-18(25-13(2)22)12-20(9-16)19(24)21-10-17(23)11-21/h4-7,16-18,23H,3,8-12H2,1-2H3. The lowest BCUT2D eigenvalue weighted by molar-refractivity contribution is -0.148. The van der Waals surface area contributed by atoms with E-state index in [9.17, 15) is 14.7 Å². The zero-order chi connectivity index (χ0) is 18.0. The number of piperidine rings is 1. The number of carbonyl (C=O) groups excluding carboxylic acids is 2. The summed E-state index contributed by atoms with van der Waals surface area (Å²) in [4.78, 5) is 27.4. The van der Waals surface area contributed by atoms with Crippen molar-refractivity contribution in [1.82, 2.24) is 9.80 Å². The predicted molar refractivity (Wildman–Crippen MR) is 93.3 cm³/mol. The first kappa shape index (κ1) is 17.7. The van der Waals surface area contributed by atoms with Gasteiger partial charge in [0.1, 0.15) is 6.10 Å². The van der Waals surface area contributed by atoms with Crippen LogP contribution >= 0.6 is 0 Å². The number of esters is 1. The number of benzene rings is 1. The van der Waals surface area contributed by atoms with Gasteiger partial charge in [-0.25, -0.2) is 4.79 Å². The van der Waals surface area contributed by atoms with Crippen LogP contribution in [0.2, 0.25) is 0 Å². The van der Waals surface area contributed by atoms with E-state index in [1.165, 1.54) is 12.5 Å². The molecule has 2 amide bonds. The second-order valence-corrected chi connectivity index (χ2v) is 7.01. The minimum Gasteiger partial charge on any atom is -0.461 e. The summed E-state index contributed by atoms with van der Waals surface area (Å²) in [6, 6.07) is 8.36. The Balaban J connectivity index is 1.74. The number of hydrogen-bond donors (Lipinski definition) is 1. The Kier molecular flexibility index (Phi) is 5.27. The molecular formula is C19H26N2O4. The normalized spacial score (nSPS) is 24.0. The number of carbonyl (C=O) groups is 2. The van der Waals surface area contributed by atoms with Gasteiger partial charge in [0.15, 0.2) is 0 Å². The smallest absolute Gasteiger partial charge is 0.320 e. The molecule has 0 saturated carbocycles. The van der Waals surface area contributed by atoms with Gasteiger partial charge in [-0.2, -0.15) is 0 Å². The molecule has 2 unspecified atom stereocenters. The van der Waals surface area contributed by atoms with Crippen LogP contribution in [0, 0.1) is 0 Å². The van der Waals surface area contributed by atoms with Gasteiger partial charge in [0.2, 0.25) is 0 Å². The zero-order valence-corrected chi connectivity index (χ0v) is 14.9. The van der Waals surface area contributed by atoms with E-state index in [1.54, 1.807) is 9.80 Å². The van der Waals surface area contributed by atoms with Gasteiger partial charge >= 0.3 is 12.0 Å². The van der Waals surface area contributed by atoms with Crippen LogP contribution in [-0.2, 0) is 16.0 Å². The molecule has 2 aliphatic heterocycles. The van der Waals surface area contributed by atoms with Crippen LogP contribution in [0.5, 0.6) is 0 Å². The van der Waals surface area contributed by atoms with Crippen LogP contribution in [0.1, 0.15) is 37.3 Å². The summed E-state index contributed by atoms with van der Waals surface area (Å²) in [5, 5.41) is 9.43. The topological polar surface area (TPSA) is 70.1 Å². The fourth-order valence-corrected chi connectivity index (χ4v) is 3.61. The summed E-state index contributed by atoms with van der Waals surface area (Å²) in [6.07, 6.45) is 0.994. The van der Waals surface area contributed by atoms with E-state index >= 15 is 0 Å². The summed E-state index contributed by atoms with van der Waals surface area (Å²) in [5.74, 6) is -0.182. The van der Waals surface area contributed by atoms with Crippen molar-refractivity contribution < 1.29 is 19.4 Å². The molecule has 136 valence electrons. The number of aliphatic hydroxyl groups excluding tert-OH is 1. The average Bonchev–Trinajstić information content (AvgIpc) is 2.57. The first-order valence-corrected chi connectivity index (χ1v) is 8.94. The van der Waals surface area contributed by atoms with Gasteiger partial charge in [0, 0.05) is 19.4 Å². The second-order valence-electron chi connectivity index (χ2n) is 7.01. The minimum atomic E-state index is -0.421. The summed E-state index contributed by atoms with van der Waals surface area (Å²) in [7, 11) is 0. The first-order chi connectivity index (χ1) is 12.0. The van der Waals surface area contributed by atoms with Gasteiger partial charge in [0.25, 0.3) is 0 Å². The Labute approximate surface area is 148 Å². The average molecular weight is 346 g/mol. The Morgan fingerprint density at radius 2 is 1.76 bits per heavy atom. The van der Waals surface area contributed by atoms with Crippen molar-refractivity contribution in [2.75, 3.05) is 26.2 Å². The summed E-state index contributed by atoms with van der Waals surface area (Å²) in [6.45, 7) is 5.29. The number of β-amino-alcohol motifs (C(OH)–C–C–N with tert-alkyl or cyclic N) is 1. The van der Waals surface area contributed by atoms with E-state index in [2.05, 4.69) is 31.2 Å². The van der Waals surface area contributed by atoms with Crippen LogP contribution in [0.3, 0.4) is 0 Å².